The van der Waals surface area contributed by atoms with Crippen LogP contribution in [0.1, 0.15) is 17.4 Å². The Labute approximate surface area is 88.1 Å². The maximum Gasteiger partial charge on any atom is 0.181 e. The fourth-order valence-electron chi connectivity index (χ4n) is 1.22. The van der Waals surface area contributed by atoms with Crippen molar-refractivity contribution >= 4 is 18.4 Å². The van der Waals surface area contributed by atoms with E-state index in [1.54, 1.807) is 19.4 Å². The summed E-state index contributed by atoms with van der Waals surface area (Å²) >= 11 is 4.14. The minimum atomic E-state index is -0.0703. The lowest BCUT2D eigenvalue weighted by molar-refractivity contribution is 0.101. The van der Waals surface area contributed by atoms with Crippen LogP contribution in [0.25, 0.3) is 0 Å². The molecule has 1 aromatic rings. The molecule has 0 radical (unpaired) electrons. The molecule has 0 bridgehead atoms. The smallest absolute Gasteiger partial charge is 0.181 e. The average molecular weight is 211 g/mol. The van der Waals surface area contributed by atoms with Gasteiger partial charge < -0.3 is 4.57 Å². The zero-order valence-corrected chi connectivity index (χ0v) is 9.16. The molecule has 5 heteroatoms. The Kier molecular flexibility index (Phi) is 3.88. The molecule has 0 fully saturated rings. The summed E-state index contributed by atoms with van der Waals surface area (Å²) in [6.45, 7) is 2.21. The van der Waals surface area contributed by atoms with Gasteiger partial charge in [-0.05, 0) is 0 Å². The predicted octanol–water partition coefficient (Wildman–Crippen LogP) is 0.546. The molecule has 1 aromatic heterocycles. The number of hydrogen-bond acceptors (Lipinski definition) is 4. The largest absolute Gasteiger partial charge is 0.329 e. The monoisotopic (exact) mass is 211 g/mol. The van der Waals surface area contributed by atoms with Crippen molar-refractivity contribution in [3.8, 4) is 0 Å². The summed E-state index contributed by atoms with van der Waals surface area (Å²) < 4.78 is 1.87. The molecule has 4 nitrogen and oxygen atoms in total. The van der Waals surface area contributed by atoms with E-state index in [0.717, 1.165) is 6.54 Å². The third-order valence-corrected chi connectivity index (χ3v) is 2.02. The molecule has 0 saturated carbocycles. The Bertz CT molecular complexity index is 397. The Morgan fingerprint density at radius 3 is 2.93 bits per heavy atom. The van der Waals surface area contributed by atoms with E-state index in [1.165, 1.54) is 6.92 Å². The zero-order valence-electron chi connectivity index (χ0n) is 8.27. The summed E-state index contributed by atoms with van der Waals surface area (Å²) in [4.78, 5) is 19.3. The molecule has 0 N–H and O–H groups in total. The van der Waals surface area contributed by atoms with Gasteiger partial charge in [0.05, 0.1) is 0 Å². The number of rotatable bonds is 3. The molecule has 1 rings (SSSR count). The van der Waals surface area contributed by atoms with Crippen LogP contribution in [0.2, 0.25) is 0 Å². The molecule has 0 aromatic carbocycles. The predicted molar refractivity (Wildman–Crippen MR) is 57.6 cm³/mol. The summed E-state index contributed by atoms with van der Waals surface area (Å²) in [6, 6.07) is 0. The Balaban J connectivity index is 3.34. The average Bonchev–Trinajstić information content (AvgIpc) is 2.18. The van der Waals surface area contributed by atoms with E-state index >= 15 is 0 Å². The number of aromatic nitrogens is 2. The van der Waals surface area contributed by atoms with Gasteiger partial charge in [0.2, 0.25) is 0 Å². The minimum Gasteiger partial charge on any atom is -0.329 e. The topological polar surface area (TPSA) is 47.2 Å². The fraction of sp³-hybridized carbons (Fsp3) is 0.444. The molecule has 0 aliphatic rings. The second-order valence-corrected chi connectivity index (χ2v) is 3.24. The van der Waals surface area contributed by atoms with Crippen LogP contribution < -0.4 is 5.49 Å². The van der Waals surface area contributed by atoms with Gasteiger partial charge in [0.1, 0.15) is 5.69 Å². The van der Waals surface area contributed by atoms with Gasteiger partial charge in [-0.2, -0.15) is 12.6 Å². The first-order chi connectivity index (χ1) is 6.70. The highest BCUT2D eigenvalue weighted by molar-refractivity contribution is 7.80. The molecule has 0 atom stereocenters. The molecule has 0 aliphatic heterocycles. The van der Waals surface area contributed by atoms with E-state index in [9.17, 15) is 4.79 Å². The quantitative estimate of drug-likeness (QED) is 0.586. The van der Waals surface area contributed by atoms with E-state index < -0.39 is 0 Å². The summed E-state index contributed by atoms with van der Waals surface area (Å²) in [6.07, 6.45) is 3.40. The Morgan fingerprint density at radius 1 is 1.71 bits per heavy atom. The van der Waals surface area contributed by atoms with Crippen molar-refractivity contribution in [3.63, 3.8) is 0 Å². The van der Waals surface area contributed by atoms with Crippen molar-refractivity contribution < 1.29 is 4.79 Å². The van der Waals surface area contributed by atoms with Crippen LogP contribution in [0.4, 0.5) is 0 Å². The Hall–Kier alpha value is -1.10. The third-order valence-electron chi connectivity index (χ3n) is 1.82. The van der Waals surface area contributed by atoms with Gasteiger partial charge in [-0.25, -0.2) is 4.98 Å². The number of hydrogen-bond donors (Lipinski definition) is 1. The van der Waals surface area contributed by atoms with Crippen LogP contribution in [0.15, 0.2) is 17.4 Å². The molecule has 14 heavy (non-hydrogen) atoms. The Morgan fingerprint density at radius 2 is 2.43 bits per heavy atom. The number of ketones is 1. The van der Waals surface area contributed by atoms with Gasteiger partial charge in [-0.3, -0.25) is 9.79 Å². The van der Waals surface area contributed by atoms with Crippen LogP contribution >= 0.6 is 12.6 Å². The SMILES string of the molecule is CN=c1c(C(C)=O)nccn1CCS. The summed E-state index contributed by atoms with van der Waals surface area (Å²) in [5.41, 5.74) is 1.03. The maximum absolute atomic E-state index is 11.2. The number of Topliss-reactive ketones (excluding diaryl/α,β-unsaturated/α-hetero) is 1. The van der Waals surface area contributed by atoms with Gasteiger partial charge in [0.15, 0.2) is 11.3 Å². The zero-order chi connectivity index (χ0) is 10.6. The fourth-order valence-corrected chi connectivity index (χ4v) is 1.44. The molecular weight excluding hydrogens is 198 g/mol. The van der Waals surface area contributed by atoms with Crippen LogP contribution in [0.5, 0.6) is 0 Å². The lowest BCUT2D eigenvalue weighted by Gasteiger charge is -2.06. The maximum atomic E-state index is 11.2. The van der Waals surface area contributed by atoms with Gasteiger partial charge in [-0.1, -0.05) is 0 Å². The highest BCUT2D eigenvalue weighted by Gasteiger charge is 2.06. The molecule has 0 spiro atoms. The molecule has 0 aliphatic carbocycles. The first-order valence-electron chi connectivity index (χ1n) is 4.30. The van der Waals surface area contributed by atoms with E-state index in [1.807, 2.05) is 4.57 Å². The highest BCUT2D eigenvalue weighted by atomic mass is 32.1. The summed E-state index contributed by atoms with van der Waals surface area (Å²) in [7, 11) is 1.65. The summed E-state index contributed by atoms with van der Waals surface area (Å²) in [5, 5.41) is 0. The lowest BCUT2D eigenvalue weighted by Crippen LogP contribution is -2.28. The number of thiol groups is 1. The van der Waals surface area contributed by atoms with Gasteiger partial charge in [0.25, 0.3) is 0 Å². The molecular formula is C9H13N3OS. The standard InChI is InChI=1S/C9H13N3OS/c1-7(13)8-9(10-2)12(5-6-14)4-3-11-8/h3-4,14H,5-6H2,1-2H3. The van der Waals surface area contributed by atoms with Gasteiger partial charge >= 0.3 is 0 Å². The van der Waals surface area contributed by atoms with Gasteiger partial charge in [0, 0.05) is 38.7 Å². The van der Waals surface area contributed by atoms with Crippen molar-refractivity contribution in [2.45, 2.75) is 13.5 Å². The van der Waals surface area contributed by atoms with Crippen LogP contribution in [-0.2, 0) is 6.54 Å². The number of nitrogens with zero attached hydrogens (tertiary/aromatic N) is 3. The highest BCUT2D eigenvalue weighted by Crippen LogP contribution is 1.90. The lowest BCUT2D eigenvalue weighted by atomic mass is 10.3. The summed E-state index contributed by atoms with van der Waals surface area (Å²) in [5.74, 6) is 0.633. The van der Waals surface area contributed by atoms with E-state index in [-0.39, 0.29) is 5.78 Å². The van der Waals surface area contributed by atoms with E-state index in [4.69, 9.17) is 0 Å². The number of carbonyl (C=O) groups excluding carboxylic acids is 1. The van der Waals surface area contributed by atoms with Crippen molar-refractivity contribution in [2.75, 3.05) is 12.8 Å². The molecule has 1 heterocycles. The van der Waals surface area contributed by atoms with Crippen molar-refractivity contribution in [2.24, 2.45) is 4.99 Å². The van der Waals surface area contributed by atoms with E-state index in [0.29, 0.717) is 16.9 Å². The number of aryl methyl sites for hydroxylation is 1. The van der Waals surface area contributed by atoms with Crippen molar-refractivity contribution in [1.82, 2.24) is 9.55 Å². The number of carbonyl (C=O) groups is 1. The van der Waals surface area contributed by atoms with E-state index in [2.05, 4.69) is 22.6 Å². The van der Waals surface area contributed by atoms with Crippen LogP contribution in [-0.4, -0.2) is 28.1 Å². The minimum absolute atomic E-state index is 0.0703. The first-order valence-corrected chi connectivity index (χ1v) is 4.94. The van der Waals surface area contributed by atoms with Crippen molar-refractivity contribution in [1.29, 1.82) is 0 Å². The third kappa shape index (κ3) is 2.23. The van der Waals surface area contributed by atoms with Crippen molar-refractivity contribution in [3.05, 3.63) is 23.6 Å². The van der Waals surface area contributed by atoms with Gasteiger partial charge in [-0.15, -0.1) is 0 Å². The van der Waals surface area contributed by atoms with Crippen LogP contribution in [0.3, 0.4) is 0 Å². The molecule has 0 unspecified atom stereocenters. The second kappa shape index (κ2) is 4.95. The molecule has 0 amide bonds. The molecule has 76 valence electrons. The first kappa shape index (κ1) is 11.0. The normalized spacial score (nSPS) is 11.8. The van der Waals surface area contributed by atoms with Crippen LogP contribution in [0, 0.1) is 0 Å². The second-order valence-electron chi connectivity index (χ2n) is 2.80. The molecule has 0 saturated heterocycles.